The minimum absolute atomic E-state index is 0.0685. The highest BCUT2D eigenvalue weighted by Gasteiger charge is 2.41. The molecule has 4 rings (SSSR count). The maximum absolute atomic E-state index is 13.1. The van der Waals surface area contributed by atoms with Crippen molar-refractivity contribution >= 4 is 51.4 Å². The standard InChI is InChI=1S/C20H23Cl2N3O2S/c21-15-9-13-10-25(11-14(13)18(26)17(15)22)16(8-12-4-2-1-3-5-12)19(27)24-20-23-6-7-28-20/h6-7,9-10,12,14,16-17H,1-5,8,11H2,(H,23,24,27)/t14?,16?,17-/m1/s1. The van der Waals surface area contributed by atoms with Gasteiger partial charge in [-0.3, -0.25) is 9.59 Å². The second-order valence-corrected chi connectivity index (χ2v) is 9.52. The van der Waals surface area contributed by atoms with Crippen LogP contribution in [-0.4, -0.2) is 39.5 Å². The first-order chi connectivity index (χ1) is 13.5. The Hall–Kier alpha value is -1.37. The number of carbonyl (C=O) groups excluding carboxylic acids is 2. The fourth-order valence-electron chi connectivity index (χ4n) is 4.41. The average Bonchev–Trinajstić information content (AvgIpc) is 3.35. The summed E-state index contributed by atoms with van der Waals surface area (Å²) in [5.41, 5.74) is 0.850. The van der Waals surface area contributed by atoms with E-state index in [1.807, 2.05) is 16.5 Å². The van der Waals surface area contributed by atoms with Crippen molar-refractivity contribution in [1.82, 2.24) is 9.88 Å². The molecule has 8 heteroatoms. The number of ketones is 1. The van der Waals surface area contributed by atoms with Crippen LogP contribution in [0.2, 0.25) is 0 Å². The summed E-state index contributed by atoms with van der Waals surface area (Å²) in [6.45, 7) is 0.473. The molecule has 2 unspecified atom stereocenters. The zero-order chi connectivity index (χ0) is 19.7. The second-order valence-electron chi connectivity index (χ2n) is 7.75. The molecule has 5 nitrogen and oxygen atoms in total. The molecule has 28 heavy (non-hydrogen) atoms. The van der Waals surface area contributed by atoms with E-state index in [0.29, 0.717) is 22.6 Å². The van der Waals surface area contributed by atoms with Gasteiger partial charge in [0.05, 0.1) is 5.92 Å². The molecular formula is C20H23Cl2N3O2S. The number of hydrogen-bond donors (Lipinski definition) is 1. The van der Waals surface area contributed by atoms with E-state index < -0.39 is 5.38 Å². The van der Waals surface area contributed by atoms with Gasteiger partial charge in [-0.05, 0) is 24.0 Å². The van der Waals surface area contributed by atoms with Crippen LogP contribution in [-0.2, 0) is 9.59 Å². The third-order valence-electron chi connectivity index (χ3n) is 5.90. The van der Waals surface area contributed by atoms with E-state index >= 15 is 0 Å². The molecule has 0 aromatic carbocycles. The van der Waals surface area contributed by atoms with Crippen LogP contribution in [0.25, 0.3) is 0 Å². The van der Waals surface area contributed by atoms with Crippen molar-refractivity contribution in [2.75, 3.05) is 11.9 Å². The number of Topliss-reactive ketones (excluding diaryl/α,β-unsaturated/α-hetero) is 1. The van der Waals surface area contributed by atoms with Gasteiger partial charge in [0, 0.05) is 29.4 Å². The Morgan fingerprint density at radius 2 is 2.14 bits per heavy atom. The van der Waals surface area contributed by atoms with E-state index in [4.69, 9.17) is 23.2 Å². The summed E-state index contributed by atoms with van der Waals surface area (Å²) >= 11 is 13.7. The molecule has 1 aromatic heterocycles. The summed E-state index contributed by atoms with van der Waals surface area (Å²) in [5, 5.41) is 4.95. The lowest BCUT2D eigenvalue weighted by molar-refractivity contribution is -0.123. The van der Waals surface area contributed by atoms with Gasteiger partial charge in [0.2, 0.25) is 5.91 Å². The minimum atomic E-state index is -0.787. The van der Waals surface area contributed by atoms with E-state index in [2.05, 4.69) is 10.3 Å². The zero-order valence-corrected chi connectivity index (χ0v) is 17.8. The van der Waals surface area contributed by atoms with Crippen molar-refractivity contribution in [3.63, 3.8) is 0 Å². The third-order valence-corrected chi connectivity index (χ3v) is 7.48. The summed E-state index contributed by atoms with van der Waals surface area (Å²) in [6, 6.07) is -0.334. The molecule has 1 N–H and O–H groups in total. The van der Waals surface area contributed by atoms with Crippen LogP contribution >= 0.6 is 34.5 Å². The number of carbonyl (C=O) groups is 2. The predicted molar refractivity (Wildman–Crippen MR) is 113 cm³/mol. The second kappa shape index (κ2) is 8.56. The number of alkyl halides is 1. The maximum Gasteiger partial charge on any atom is 0.248 e. The fraction of sp³-hybridized carbons (Fsp3) is 0.550. The molecule has 1 saturated carbocycles. The van der Waals surface area contributed by atoms with E-state index in [1.165, 1.54) is 30.6 Å². The highest BCUT2D eigenvalue weighted by Crippen LogP contribution is 2.38. The van der Waals surface area contributed by atoms with Crippen LogP contribution in [0, 0.1) is 11.8 Å². The fourth-order valence-corrected chi connectivity index (χ4v) is 5.39. The van der Waals surface area contributed by atoms with Crippen LogP contribution in [0.15, 0.2) is 34.5 Å². The summed E-state index contributed by atoms with van der Waals surface area (Å²) in [7, 11) is 0. The van der Waals surface area contributed by atoms with Gasteiger partial charge in [-0.15, -0.1) is 22.9 Å². The molecule has 0 spiro atoms. The van der Waals surface area contributed by atoms with Crippen LogP contribution in [0.1, 0.15) is 38.5 Å². The predicted octanol–water partition coefficient (Wildman–Crippen LogP) is 4.55. The van der Waals surface area contributed by atoms with Gasteiger partial charge in [0.15, 0.2) is 10.9 Å². The number of fused-ring (bicyclic) bond motifs is 1. The molecule has 2 heterocycles. The van der Waals surface area contributed by atoms with Crippen molar-refractivity contribution in [3.05, 3.63) is 34.5 Å². The van der Waals surface area contributed by atoms with Gasteiger partial charge in [-0.25, -0.2) is 4.98 Å². The Balaban J connectivity index is 1.55. The van der Waals surface area contributed by atoms with Crippen molar-refractivity contribution in [2.45, 2.75) is 49.9 Å². The summed E-state index contributed by atoms with van der Waals surface area (Å²) in [6.07, 6.45) is 12.2. The Labute approximate surface area is 178 Å². The molecule has 0 saturated heterocycles. The quantitative estimate of drug-likeness (QED) is 0.683. The third kappa shape index (κ3) is 4.14. The topological polar surface area (TPSA) is 62.3 Å². The van der Waals surface area contributed by atoms with Gasteiger partial charge in [0.1, 0.15) is 11.4 Å². The summed E-state index contributed by atoms with van der Waals surface area (Å²) in [4.78, 5) is 31.9. The van der Waals surface area contributed by atoms with Crippen molar-refractivity contribution in [2.24, 2.45) is 11.8 Å². The molecule has 1 aromatic rings. The molecule has 2 aliphatic carbocycles. The van der Waals surface area contributed by atoms with Gasteiger partial charge in [-0.1, -0.05) is 43.7 Å². The number of thiazole rings is 1. The van der Waals surface area contributed by atoms with Gasteiger partial charge in [-0.2, -0.15) is 0 Å². The molecule has 3 aliphatic rings. The number of allylic oxidation sites excluding steroid dienone is 2. The van der Waals surface area contributed by atoms with Crippen LogP contribution < -0.4 is 5.32 Å². The molecule has 3 atom stereocenters. The van der Waals surface area contributed by atoms with Crippen LogP contribution in [0.5, 0.6) is 0 Å². The van der Waals surface area contributed by atoms with Crippen LogP contribution in [0.3, 0.4) is 0 Å². The summed E-state index contributed by atoms with van der Waals surface area (Å²) < 4.78 is 0. The highest BCUT2D eigenvalue weighted by molar-refractivity contribution is 7.13. The van der Waals surface area contributed by atoms with Crippen molar-refractivity contribution in [3.8, 4) is 0 Å². The lowest BCUT2D eigenvalue weighted by Crippen LogP contribution is -2.44. The summed E-state index contributed by atoms with van der Waals surface area (Å²) in [5.74, 6) is 0.0598. The number of nitrogens with one attached hydrogen (secondary N) is 1. The van der Waals surface area contributed by atoms with Gasteiger partial charge < -0.3 is 10.2 Å². The molecule has 0 radical (unpaired) electrons. The van der Waals surface area contributed by atoms with E-state index in [9.17, 15) is 9.59 Å². The Bertz CT molecular complexity index is 802. The minimum Gasteiger partial charge on any atom is -0.364 e. The first-order valence-electron chi connectivity index (χ1n) is 9.75. The average molecular weight is 440 g/mol. The Kier molecular flexibility index (Phi) is 6.09. The van der Waals surface area contributed by atoms with Crippen molar-refractivity contribution in [1.29, 1.82) is 0 Å². The van der Waals surface area contributed by atoms with Gasteiger partial charge in [0.25, 0.3) is 0 Å². The number of rotatable bonds is 5. The number of amides is 1. The number of halogens is 2. The first kappa shape index (κ1) is 19.9. The molecule has 1 fully saturated rings. The Morgan fingerprint density at radius 1 is 1.36 bits per heavy atom. The lowest BCUT2D eigenvalue weighted by atomic mass is 9.84. The van der Waals surface area contributed by atoms with Crippen LogP contribution in [0.4, 0.5) is 5.13 Å². The van der Waals surface area contributed by atoms with Crippen molar-refractivity contribution < 1.29 is 9.59 Å². The molecule has 0 bridgehead atoms. The molecule has 1 aliphatic heterocycles. The smallest absolute Gasteiger partial charge is 0.248 e. The highest BCUT2D eigenvalue weighted by atomic mass is 35.5. The number of aromatic nitrogens is 1. The van der Waals surface area contributed by atoms with Gasteiger partial charge >= 0.3 is 0 Å². The maximum atomic E-state index is 13.1. The first-order valence-corrected chi connectivity index (χ1v) is 11.4. The molecule has 1 amide bonds. The number of nitrogens with zero attached hydrogens (tertiary/aromatic N) is 2. The Morgan fingerprint density at radius 3 is 2.86 bits per heavy atom. The monoisotopic (exact) mass is 439 g/mol. The SMILES string of the molecule is O=C(Nc1nccs1)C(CC1CCCCC1)N1C=C2C=C(Cl)[C@@H](Cl)C(=O)C2C1. The number of hydrogen-bond acceptors (Lipinski definition) is 5. The lowest BCUT2D eigenvalue weighted by Gasteiger charge is -2.32. The van der Waals surface area contributed by atoms with E-state index in [-0.39, 0.29) is 23.7 Å². The normalized spacial score (nSPS) is 26.5. The van der Waals surface area contributed by atoms with E-state index in [1.54, 1.807) is 12.3 Å². The molecule has 150 valence electrons. The van der Waals surface area contributed by atoms with E-state index in [0.717, 1.165) is 24.8 Å². The molecular weight excluding hydrogens is 417 g/mol. The number of anilines is 1. The largest absolute Gasteiger partial charge is 0.364 e. The zero-order valence-electron chi connectivity index (χ0n) is 15.4.